The van der Waals surface area contributed by atoms with Gasteiger partial charge in [0, 0.05) is 12.6 Å². The van der Waals surface area contributed by atoms with Gasteiger partial charge in [0.05, 0.1) is 6.10 Å². The quantitative estimate of drug-likeness (QED) is 0.755. The molecule has 16 heavy (non-hydrogen) atoms. The molecular formula is C14H29NO. The lowest BCUT2D eigenvalue weighted by Crippen LogP contribution is -2.42. The third-order valence-electron chi connectivity index (χ3n) is 3.77. The van der Waals surface area contributed by atoms with Gasteiger partial charge in [-0.3, -0.25) is 0 Å². The molecule has 0 amide bonds. The van der Waals surface area contributed by atoms with Gasteiger partial charge in [-0.05, 0) is 25.2 Å². The summed E-state index contributed by atoms with van der Waals surface area (Å²) in [7, 11) is 0. The average molecular weight is 227 g/mol. The van der Waals surface area contributed by atoms with Crippen LogP contribution >= 0.6 is 0 Å². The first-order valence-electron chi connectivity index (χ1n) is 7.02. The fourth-order valence-corrected chi connectivity index (χ4v) is 2.94. The van der Waals surface area contributed by atoms with Crippen molar-refractivity contribution >= 4 is 0 Å². The fourth-order valence-electron chi connectivity index (χ4n) is 2.94. The minimum atomic E-state index is 0.225. The zero-order valence-corrected chi connectivity index (χ0v) is 11.2. The Balaban J connectivity index is 2.37. The van der Waals surface area contributed by atoms with E-state index < -0.39 is 0 Å². The predicted molar refractivity (Wildman–Crippen MR) is 69.4 cm³/mol. The van der Waals surface area contributed by atoms with Crippen LogP contribution in [0.25, 0.3) is 0 Å². The number of rotatable bonds is 6. The van der Waals surface area contributed by atoms with Gasteiger partial charge in [0.1, 0.15) is 0 Å². The number of hydrogen-bond donors (Lipinski definition) is 1. The van der Waals surface area contributed by atoms with E-state index in [-0.39, 0.29) is 12.1 Å². The highest BCUT2D eigenvalue weighted by molar-refractivity contribution is 4.80. The van der Waals surface area contributed by atoms with Crippen molar-refractivity contribution in [3.8, 4) is 0 Å². The van der Waals surface area contributed by atoms with Crippen LogP contribution in [0.2, 0.25) is 0 Å². The van der Waals surface area contributed by atoms with Gasteiger partial charge >= 0.3 is 0 Å². The lowest BCUT2D eigenvalue weighted by atomic mass is 9.82. The summed E-state index contributed by atoms with van der Waals surface area (Å²) in [5, 5.41) is 0. The van der Waals surface area contributed by atoms with Crippen LogP contribution in [0.15, 0.2) is 0 Å². The van der Waals surface area contributed by atoms with E-state index in [1.807, 2.05) is 0 Å². The molecule has 0 saturated heterocycles. The normalized spacial score (nSPS) is 22.3. The number of nitrogens with two attached hydrogens (primary N) is 1. The molecule has 0 aromatic carbocycles. The highest BCUT2D eigenvalue weighted by Crippen LogP contribution is 2.28. The molecule has 2 unspecified atom stereocenters. The largest absolute Gasteiger partial charge is 0.377 e. The summed E-state index contributed by atoms with van der Waals surface area (Å²) in [5.74, 6) is 1.38. The molecule has 1 rings (SSSR count). The summed E-state index contributed by atoms with van der Waals surface area (Å²) < 4.78 is 5.78. The van der Waals surface area contributed by atoms with Crippen molar-refractivity contribution in [2.75, 3.05) is 6.61 Å². The molecule has 2 heteroatoms. The molecule has 2 atom stereocenters. The Labute approximate surface area is 101 Å². The van der Waals surface area contributed by atoms with Gasteiger partial charge in [0.25, 0.3) is 0 Å². The Morgan fingerprint density at radius 3 is 2.31 bits per heavy atom. The van der Waals surface area contributed by atoms with Crippen LogP contribution in [-0.4, -0.2) is 18.8 Å². The summed E-state index contributed by atoms with van der Waals surface area (Å²) in [4.78, 5) is 0. The van der Waals surface area contributed by atoms with Crippen molar-refractivity contribution in [3.05, 3.63) is 0 Å². The second-order valence-corrected chi connectivity index (χ2v) is 5.57. The zero-order valence-electron chi connectivity index (χ0n) is 11.2. The maximum Gasteiger partial charge on any atom is 0.0748 e. The topological polar surface area (TPSA) is 35.2 Å². The van der Waals surface area contributed by atoms with Crippen LogP contribution in [0.4, 0.5) is 0 Å². The summed E-state index contributed by atoms with van der Waals surface area (Å²) in [6.07, 6.45) is 8.38. The van der Waals surface area contributed by atoms with Crippen LogP contribution < -0.4 is 5.73 Å². The molecule has 0 heterocycles. The van der Waals surface area contributed by atoms with E-state index in [1.54, 1.807) is 0 Å². The van der Waals surface area contributed by atoms with E-state index in [2.05, 4.69) is 20.8 Å². The highest BCUT2D eigenvalue weighted by Gasteiger charge is 2.25. The molecule has 0 aliphatic heterocycles. The maximum atomic E-state index is 6.31. The Bertz CT molecular complexity index is 176. The molecule has 96 valence electrons. The first-order valence-corrected chi connectivity index (χ1v) is 7.02. The first kappa shape index (κ1) is 14.0. The van der Waals surface area contributed by atoms with Crippen LogP contribution in [0, 0.1) is 11.8 Å². The van der Waals surface area contributed by atoms with Crippen molar-refractivity contribution in [2.45, 2.75) is 71.4 Å². The van der Waals surface area contributed by atoms with Crippen molar-refractivity contribution in [2.24, 2.45) is 17.6 Å². The van der Waals surface area contributed by atoms with Crippen LogP contribution in [0.3, 0.4) is 0 Å². The van der Waals surface area contributed by atoms with Gasteiger partial charge in [0.2, 0.25) is 0 Å². The van der Waals surface area contributed by atoms with Crippen molar-refractivity contribution in [1.29, 1.82) is 0 Å². The summed E-state index contributed by atoms with van der Waals surface area (Å²) in [6, 6.07) is 0.225. The standard InChI is InChI=1S/C14H29NO/c1-4-16-14(11(2)3)13(15)10-12-8-6-5-7-9-12/h11-14H,4-10,15H2,1-3H3. The van der Waals surface area contributed by atoms with E-state index in [1.165, 1.54) is 32.1 Å². The molecule has 1 fully saturated rings. The lowest BCUT2D eigenvalue weighted by molar-refractivity contribution is 0.00610. The molecule has 0 bridgehead atoms. The molecule has 2 N–H and O–H groups in total. The summed E-state index contributed by atoms with van der Waals surface area (Å²) in [5.41, 5.74) is 6.31. The second kappa shape index (κ2) is 7.29. The van der Waals surface area contributed by atoms with Gasteiger partial charge in [0.15, 0.2) is 0 Å². The number of hydrogen-bond acceptors (Lipinski definition) is 2. The Morgan fingerprint density at radius 1 is 1.19 bits per heavy atom. The molecule has 0 aromatic heterocycles. The van der Waals surface area contributed by atoms with Crippen LogP contribution in [0.1, 0.15) is 59.3 Å². The van der Waals surface area contributed by atoms with E-state index in [9.17, 15) is 0 Å². The third kappa shape index (κ3) is 4.42. The van der Waals surface area contributed by atoms with Crippen molar-refractivity contribution in [1.82, 2.24) is 0 Å². The van der Waals surface area contributed by atoms with Gasteiger partial charge in [-0.2, -0.15) is 0 Å². The smallest absolute Gasteiger partial charge is 0.0748 e. The molecule has 0 aromatic rings. The van der Waals surface area contributed by atoms with Gasteiger partial charge in [-0.15, -0.1) is 0 Å². The Kier molecular flexibility index (Phi) is 6.37. The molecule has 1 saturated carbocycles. The molecule has 2 nitrogen and oxygen atoms in total. The lowest BCUT2D eigenvalue weighted by Gasteiger charge is -2.31. The van der Waals surface area contributed by atoms with Crippen molar-refractivity contribution < 1.29 is 4.74 Å². The fraction of sp³-hybridized carbons (Fsp3) is 1.00. The minimum absolute atomic E-state index is 0.225. The van der Waals surface area contributed by atoms with E-state index >= 15 is 0 Å². The molecule has 1 aliphatic rings. The van der Waals surface area contributed by atoms with E-state index in [0.717, 1.165) is 18.9 Å². The van der Waals surface area contributed by atoms with E-state index in [0.29, 0.717) is 5.92 Å². The van der Waals surface area contributed by atoms with Gasteiger partial charge < -0.3 is 10.5 Å². The van der Waals surface area contributed by atoms with E-state index in [4.69, 9.17) is 10.5 Å². The van der Waals surface area contributed by atoms with Gasteiger partial charge in [-0.25, -0.2) is 0 Å². The monoisotopic (exact) mass is 227 g/mol. The zero-order chi connectivity index (χ0) is 12.0. The van der Waals surface area contributed by atoms with Gasteiger partial charge in [-0.1, -0.05) is 46.0 Å². The Morgan fingerprint density at radius 2 is 1.81 bits per heavy atom. The number of ether oxygens (including phenoxy) is 1. The minimum Gasteiger partial charge on any atom is -0.377 e. The van der Waals surface area contributed by atoms with Crippen LogP contribution in [0.5, 0.6) is 0 Å². The highest BCUT2D eigenvalue weighted by atomic mass is 16.5. The predicted octanol–water partition coefficient (Wildman–Crippen LogP) is 3.35. The average Bonchev–Trinajstić information content (AvgIpc) is 2.26. The molecule has 1 aliphatic carbocycles. The maximum absolute atomic E-state index is 6.31. The molecule has 0 radical (unpaired) electrons. The second-order valence-electron chi connectivity index (χ2n) is 5.57. The molecular weight excluding hydrogens is 198 g/mol. The summed E-state index contributed by atoms with van der Waals surface area (Å²) >= 11 is 0. The summed E-state index contributed by atoms with van der Waals surface area (Å²) in [6.45, 7) is 7.26. The SMILES string of the molecule is CCOC(C(C)C)C(N)CC1CCCCC1. The first-order chi connectivity index (χ1) is 7.65. The molecule has 0 spiro atoms. The Hall–Kier alpha value is -0.0800. The van der Waals surface area contributed by atoms with Crippen LogP contribution in [-0.2, 0) is 4.74 Å². The third-order valence-corrected chi connectivity index (χ3v) is 3.77. The van der Waals surface area contributed by atoms with Crippen molar-refractivity contribution in [3.63, 3.8) is 0 Å².